The number of amides is 3. The van der Waals surface area contributed by atoms with E-state index in [-0.39, 0.29) is 25.0 Å². The lowest BCUT2D eigenvalue weighted by Gasteiger charge is -2.09. The minimum Gasteiger partial charge on any atom is -0.445 e. The molecule has 0 fully saturated rings. The van der Waals surface area contributed by atoms with Gasteiger partial charge in [-0.25, -0.2) is 4.79 Å². The molecular weight excluding hydrogens is 410 g/mol. The predicted molar refractivity (Wildman–Crippen MR) is 120 cm³/mol. The van der Waals surface area contributed by atoms with E-state index in [1.54, 1.807) is 54.6 Å². The molecular formula is C23H23N5O4. The van der Waals surface area contributed by atoms with Gasteiger partial charge in [0.25, 0.3) is 11.8 Å². The van der Waals surface area contributed by atoms with Crippen molar-refractivity contribution in [3.8, 4) is 0 Å². The summed E-state index contributed by atoms with van der Waals surface area (Å²) in [5.41, 5.74) is 9.10. The van der Waals surface area contributed by atoms with Gasteiger partial charge in [-0.15, -0.1) is 0 Å². The lowest BCUT2D eigenvalue weighted by atomic mass is 10.1. The highest BCUT2D eigenvalue weighted by atomic mass is 16.5. The summed E-state index contributed by atoms with van der Waals surface area (Å²) in [4.78, 5) is 39.9. The SMILES string of the molecule is CNC(=O)c1cncc(COC(=O)NCc2ccc(C(=O)Nc3ccccc3N)cc2)c1. The third-order valence-electron chi connectivity index (χ3n) is 4.52. The molecule has 1 heterocycles. The monoisotopic (exact) mass is 433 g/mol. The molecule has 0 unspecified atom stereocenters. The third kappa shape index (κ3) is 6.05. The van der Waals surface area contributed by atoms with Crippen LogP contribution in [-0.2, 0) is 17.9 Å². The van der Waals surface area contributed by atoms with Crippen LogP contribution in [0, 0.1) is 0 Å². The quantitative estimate of drug-likeness (QED) is 0.423. The molecule has 5 N–H and O–H groups in total. The van der Waals surface area contributed by atoms with Crippen molar-refractivity contribution >= 4 is 29.3 Å². The van der Waals surface area contributed by atoms with Crippen LogP contribution in [0.25, 0.3) is 0 Å². The number of hydrogen-bond donors (Lipinski definition) is 4. The molecule has 1 aromatic heterocycles. The van der Waals surface area contributed by atoms with E-state index in [2.05, 4.69) is 20.9 Å². The Hall–Kier alpha value is -4.40. The van der Waals surface area contributed by atoms with Crippen molar-refractivity contribution < 1.29 is 19.1 Å². The van der Waals surface area contributed by atoms with Crippen molar-refractivity contribution in [1.29, 1.82) is 0 Å². The zero-order valence-corrected chi connectivity index (χ0v) is 17.4. The van der Waals surface area contributed by atoms with Crippen LogP contribution in [0.3, 0.4) is 0 Å². The first-order valence-corrected chi connectivity index (χ1v) is 9.77. The highest BCUT2D eigenvalue weighted by Crippen LogP contribution is 2.18. The molecule has 3 rings (SSSR count). The summed E-state index contributed by atoms with van der Waals surface area (Å²) < 4.78 is 5.16. The molecule has 0 atom stereocenters. The number of aromatic nitrogens is 1. The number of nitrogen functional groups attached to an aromatic ring is 1. The number of pyridine rings is 1. The van der Waals surface area contributed by atoms with Crippen molar-refractivity contribution in [3.05, 3.63) is 89.2 Å². The molecule has 3 aromatic rings. The Morgan fingerprint density at radius 2 is 1.69 bits per heavy atom. The van der Waals surface area contributed by atoms with Gasteiger partial charge >= 0.3 is 6.09 Å². The molecule has 0 aliphatic rings. The number of carbonyl (C=O) groups is 3. The molecule has 0 aliphatic heterocycles. The van der Waals surface area contributed by atoms with Crippen molar-refractivity contribution in [1.82, 2.24) is 15.6 Å². The normalized spacial score (nSPS) is 10.2. The van der Waals surface area contributed by atoms with E-state index in [1.807, 2.05) is 0 Å². The molecule has 0 bridgehead atoms. The zero-order chi connectivity index (χ0) is 22.9. The van der Waals surface area contributed by atoms with Gasteiger partial charge in [-0.1, -0.05) is 24.3 Å². The van der Waals surface area contributed by atoms with E-state index in [0.29, 0.717) is 28.1 Å². The van der Waals surface area contributed by atoms with E-state index in [9.17, 15) is 14.4 Å². The topological polar surface area (TPSA) is 135 Å². The molecule has 0 saturated heterocycles. The van der Waals surface area contributed by atoms with Crippen LogP contribution < -0.4 is 21.7 Å². The number of anilines is 2. The fourth-order valence-corrected chi connectivity index (χ4v) is 2.79. The summed E-state index contributed by atoms with van der Waals surface area (Å²) in [5, 5.41) is 7.90. The number of alkyl carbamates (subject to hydrolysis) is 1. The second kappa shape index (κ2) is 10.6. The summed E-state index contributed by atoms with van der Waals surface area (Å²) in [6, 6.07) is 15.4. The van der Waals surface area contributed by atoms with E-state index in [1.165, 1.54) is 19.4 Å². The van der Waals surface area contributed by atoms with Crippen LogP contribution in [0.2, 0.25) is 0 Å². The summed E-state index contributed by atoms with van der Waals surface area (Å²) >= 11 is 0. The molecule has 32 heavy (non-hydrogen) atoms. The van der Waals surface area contributed by atoms with Gasteiger partial charge in [0.15, 0.2) is 0 Å². The first-order chi connectivity index (χ1) is 15.5. The maximum Gasteiger partial charge on any atom is 0.407 e. The lowest BCUT2D eigenvalue weighted by molar-refractivity contribution is 0.0961. The van der Waals surface area contributed by atoms with E-state index < -0.39 is 6.09 Å². The number of benzene rings is 2. The fraction of sp³-hybridized carbons (Fsp3) is 0.130. The number of nitrogens with zero attached hydrogens (tertiary/aromatic N) is 1. The number of ether oxygens (including phenoxy) is 1. The summed E-state index contributed by atoms with van der Waals surface area (Å²) in [6.45, 7) is 0.203. The maximum absolute atomic E-state index is 12.4. The van der Waals surface area contributed by atoms with Gasteiger partial charge < -0.3 is 26.4 Å². The molecule has 3 amide bonds. The molecule has 0 aliphatic carbocycles. The van der Waals surface area contributed by atoms with Gasteiger partial charge in [0.1, 0.15) is 6.61 Å². The number of carbonyl (C=O) groups excluding carboxylic acids is 3. The van der Waals surface area contributed by atoms with E-state index >= 15 is 0 Å². The Balaban J connectivity index is 1.47. The lowest BCUT2D eigenvalue weighted by Crippen LogP contribution is -2.24. The Morgan fingerprint density at radius 1 is 0.938 bits per heavy atom. The van der Waals surface area contributed by atoms with Gasteiger partial charge in [0.05, 0.1) is 16.9 Å². The Morgan fingerprint density at radius 3 is 2.41 bits per heavy atom. The largest absolute Gasteiger partial charge is 0.445 e. The summed E-state index contributed by atoms with van der Waals surface area (Å²) in [6.07, 6.45) is 2.34. The second-order valence-corrected chi connectivity index (χ2v) is 6.83. The molecule has 9 nitrogen and oxygen atoms in total. The van der Waals surface area contributed by atoms with Crippen LogP contribution in [0.5, 0.6) is 0 Å². The minimum atomic E-state index is -0.614. The number of nitrogens with one attached hydrogen (secondary N) is 3. The van der Waals surface area contributed by atoms with Gasteiger partial charge in [-0.05, 0) is 35.9 Å². The highest BCUT2D eigenvalue weighted by molar-refractivity contribution is 6.05. The first kappa shape index (κ1) is 22.3. The molecule has 0 radical (unpaired) electrons. The fourth-order valence-electron chi connectivity index (χ4n) is 2.79. The average Bonchev–Trinajstić information content (AvgIpc) is 2.82. The third-order valence-corrected chi connectivity index (χ3v) is 4.52. The molecule has 9 heteroatoms. The van der Waals surface area contributed by atoms with E-state index in [4.69, 9.17) is 10.5 Å². The minimum absolute atomic E-state index is 0.0224. The summed E-state index contributed by atoms with van der Waals surface area (Å²) in [5.74, 6) is -0.553. The van der Waals surface area contributed by atoms with Crippen LogP contribution >= 0.6 is 0 Å². The Kier molecular flexibility index (Phi) is 7.37. The molecule has 0 spiro atoms. The van der Waals surface area contributed by atoms with Crippen LogP contribution in [0.1, 0.15) is 31.8 Å². The first-order valence-electron chi connectivity index (χ1n) is 9.77. The number of para-hydroxylation sites is 2. The van der Waals surface area contributed by atoms with Crippen molar-refractivity contribution in [2.24, 2.45) is 0 Å². The van der Waals surface area contributed by atoms with Crippen LogP contribution in [-0.4, -0.2) is 29.9 Å². The van der Waals surface area contributed by atoms with Gasteiger partial charge in [0, 0.05) is 37.1 Å². The van der Waals surface area contributed by atoms with Crippen LogP contribution in [0.15, 0.2) is 67.0 Å². The van der Waals surface area contributed by atoms with E-state index in [0.717, 1.165) is 5.56 Å². The molecule has 0 saturated carbocycles. The maximum atomic E-state index is 12.4. The molecule has 164 valence electrons. The molecule has 2 aromatic carbocycles. The number of nitrogens with two attached hydrogens (primary N) is 1. The van der Waals surface area contributed by atoms with Crippen LogP contribution in [0.4, 0.5) is 16.2 Å². The number of hydrogen-bond acceptors (Lipinski definition) is 6. The smallest absolute Gasteiger partial charge is 0.407 e. The van der Waals surface area contributed by atoms with Crippen molar-refractivity contribution in [2.75, 3.05) is 18.1 Å². The van der Waals surface area contributed by atoms with Crippen molar-refractivity contribution in [2.45, 2.75) is 13.2 Å². The highest BCUT2D eigenvalue weighted by Gasteiger charge is 2.09. The standard InChI is InChI=1S/C23H23N5O4/c1-25-21(29)18-10-16(11-26-13-18)14-32-23(31)27-12-15-6-8-17(9-7-15)22(30)28-20-5-3-2-4-19(20)24/h2-11,13H,12,14,24H2,1H3,(H,25,29)(H,27,31)(H,28,30). The Bertz CT molecular complexity index is 1120. The average molecular weight is 433 g/mol. The van der Waals surface area contributed by atoms with Gasteiger partial charge in [-0.3, -0.25) is 14.6 Å². The zero-order valence-electron chi connectivity index (χ0n) is 17.4. The number of rotatable bonds is 7. The predicted octanol–water partition coefficient (Wildman–Crippen LogP) is 2.70. The van der Waals surface area contributed by atoms with Gasteiger partial charge in [0.2, 0.25) is 0 Å². The Labute approximate surface area is 185 Å². The van der Waals surface area contributed by atoms with Crippen molar-refractivity contribution in [3.63, 3.8) is 0 Å². The summed E-state index contributed by atoms with van der Waals surface area (Å²) in [7, 11) is 1.52. The second-order valence-electron chi connectivity index (χ2n) is 6.83. The van der Waals surface area contributed by atoms with Gasteiger partial charge in [-0.2, -0.15) is 0 Å².